The molecular weight excluding hydrogens is 228 g/mol. The summed E-state index contributed by atoms with van der Waals surface area (Å²) in [6, 6.07) is 3.55. The Balaban J connectivity index is 2.42. The van der Waals surface area contributed by atoms with E-state index in [0.717, 1.165) is 5.56 Å². The molecule has 0 unspecified atom stereocenters. The normalized spacial score (nSPS) is 11.6. The molecule has 0 fully saturated rings. The van der Waals surface area contributed by atoms with Crippen LogP contribution in [0, 0.1) is 0 Å². The molecule has 7 heteroatoms. The molecule has 6 nitrogen and oxygen atoms in total. The van der Waals surface area contributed by atoms with Crippen molar-refractivity contribution in [1.29, 1.82) is 0 Å². The van der Waals surface area contributed by atoms with E-state index in [9.17, 15) is 8.42 Å². The van der Waals surface area contributed by atoms with E-state index in [1.807, 2.05) is 0 Å². The predicted molar refractivity (Wildman–Crippen MR) is 58.1 cm³/mol. The second-order valence-corrected chi connectivity index (χ2v) is 4.87. The maximum absolute atomic E-state index is 11.4. The largest absolute Gasteiger partial charge is 0.343 e. The van der Waals surface area contributed by atoms with Gasteiger partial charge in [-0.2, -0.15) is 0 Å². The highest BCUT2D eigenvalue weighted by Gasteiger charge is 2.15. The highest BCUT2D eigenvalue weighted by atomic mass is 32.2. The van der Waals surface area contributed by atoms with Crippen molar-refractivity contribution in [3.05, 3.63) is 30.7 Å². The summed E-state index contributed by atoms with van der Waals surface area (Å²) < 4.78 is 25.1. The first kappa shape index (κ1) is 10.8. The maximum atomic E-state index is 11.4. The van der Waals surface area contributed by atoms with Gasteiger partial charge in [-0.15, -0.1) is 0 Å². The molecule has 16 heavy (non-hydrogen) atoms. The number of aromatic nitrogens is 3. The zero-order valence-corrected chi connectivity index (χ0v) is 9.32. The van der Waals surface area contributed by atoms with Crippen LogP contribution in [0.3, 0.4) is 0 Å². The van der Waals surface area contributed by atoms with Crippen LogP contribution in [-0.4, -0.2) is 30.4 Å². The number of H-pyrrole nitrogens is 1. The Morgan fingerprint density at radius 3 is 2.88 bits per heavy atom. The quantitative estimate of drug-likeness (QED) is 0.809. The van der Waals surface area contributed by atoms with Gasteiger partial charge in [0.15, 0.2) is 5.03 Å². The molecule has 0 amide bonds. The SMILES string of the molecule is CNS(=O)(=O)c1c[nH]c(-c2cccnc2)n1. The fourth-order valence-electron chi connectivity index (χ4n) is 1.20. The van der Waals surface area contributed by atoms with E-state index in [2.05, 4.69) is 19.7 Å². The molecule has 0 spiro atoms. The number of pyridine rings is 1. The first-order valence-electron chi connectivity index (χ1n) is 4.53. The first-order valence-corrected chi connectivity index (χ1v) is 6.01. The van der Waals surface area contributed by atoms with Crippen molar-refractivity contribution in [3.63, 3.8) is 0 Å². The number of aromatic amines is 1. The Bertz CT molecular complexity index is 577. The molecule has 2 aromatic rings. The molecule has 0 bridgehead atoms. The van der Waals surface area contributed by atoms with Gasteiger partial charge in [-0.25, -0.2) is 18.1 Å². The fourth-order valence-corrected chi connectivity index (χ4v) is 1.83. The minimum atomic E-state index is -3.50. The summed E-state index contributed by atoms with van der Waals surface area (Å²) in [6.07, 6.45) is 4.58. The van der Waals surface area contributed by atoms with E-state index < -0.39 is 10.0 Å². The summed E-state index contributed by atoms with van der Waals surface area (Å²) in [4.78, 5) is 10.7. The summed E-state index contributed by atoms with van der Waals surface area (Å²) in [5, 5.41) is -0.0335. The molecule has 0 saturated carbocycles. The molecule has 0 atom stereocenters. The number of imidazole rings is 1. The second-order valence-electron chi connectivity index (χ2n) is 3.04. The summed E-state index contributed by atoms with van der Waals surface area (Å²) in [5.41, 5.74) is 0.736. The Labute approximate surface area is 92.8 Å². The second kappa shape index (κ2) is 4.03. The minimum absolute atomic E-state index is 0.0335. The highest BCUT2D eigenvalue weighted by Crippen LogP contribution is 2.15. The van der Waals surface area contributed by atoms with Crippen LogP contribution < -0.4 is 4.72 Å². The van der Waals surface area contributed by atoms with Gasteiger partial charge in [0.25, 0.3) is 10.0 Å². The molecule has 0 saturated heterocycles. The minimum Gasteiger partial charge on any atom is -0.343 e. The number of hydrogen-bond donors (Lipinski definition) is 2. The molecule has 2 N–H and O–H groups in total. The average molecular weight is 238 g/mol. The molecular formula is C9H10N4O2S. The van der Waals surface area contributed by atoms with Crippen molar-refractivity contribution in [3.8, 4) is 11.4 Å². The number of sulfonamides is 1. The topological polar surface area (TPSA) is 87.7 Å². The predicted octanol–water partition coefficient (Wildman–Crippen LogP) is 0.380. The number of hydrogen-bond acceptors (Lipinski definition) is 4. The van der Waals surface area contributed by atoms with E-state index in [1.54, 1.807) is 24.5 Å². The van der Waals surface area contributed by atoms with Crippen LogP contribution in [0.25, 0.3) is 11.4 Å². The van der Waals surface area contributed by atoms with Gasteiger partial charge < -0.3 is 4.98 Å². The lowest BCUT2D eigenvalue weighted by atomic mass is 10.3. The molecule has 2 aromatic heterocycles. The molecule has 2 heterocycles. The van der Waals surface area contributed by atoms with E-state index in [4.69, 9.17) is 0 Å². The molecule has 0 aliphatic carbocycles. The van der Waals surface area contributed by atoms with Crippen molar-refractivity contribution in [2.75, 3.05) is 7.05 Å². The number of nitrogens with zero attached hydrogens (tertiary/aromatic N) is 2. The van der Waals surface area contributed by atoms with Gasteiger partial charge in [0, 0.05) is 24.2 Å². The zero-order chi connectivity index (χ0) is 11.6. The third kappa shape index (κ3) is 1.95. The summed E-state index contributed by atoms with van der Waals surface area (Å²) in [5.74, 6) is 0.474. The zero-order valence-electron chi connectivity index (χ0n) is 8.51. The van der Waals surface area contributed by atoms with Crippen LogP contribution in [0.2, 0.25) is 0 Å². The molecule has 0 radical (unpaired) electrons. The molecule has 84 valence electrons. The Hall–Kier alpha value is -1.73. The van der Waals surface area contributed by atoms with Crippen molar-refractivity contribution >= 4 is 10.0 Å². The van der Waals surface area contributed by atoms with Gasteiger partial charge in [-0.3, -0.25) is 4.98 Å². The Morgan fingerprint density at radius 2 is 2.25 bits per heavy atom. The maximum Gasteiger partial charge on any atom is 0.259 e. The molecule has 0 aromatic carbocycles. The van der Waals surface area contributed by atoms with Gasteiger partial charge in [0.2, 0.25) is 0 Å². The number of nitrogens with one attached hydrogen (secondary N) is 2. The molecule has 0 aliphatic rings. The third-order valence-corrected chi connectivity index (χ3v) is 3.33. The van der Waals surface area contributed by atoms with E-state index in [-0.39, 0.29) is 5.03 Å². The number of rotatable bonds is 3. The lowest BCUT2D eigenvalue weighted by molar-refractivity contribution is 0.585. The van der Waals surface area contributed by atoms with Crippen LogP contribution in [0.15, 0.2) is 35.7 Å². The summed E-state index contributed by atoms with van der Waals surface area (Å²) in [7, 11) is -2.16. The standard InChI is InChI=1S/C9H10N4O2S/c1-10-16(14,15)8-6-12-9(13-8)7-3-2-4-11-5-7/h2-6,10H,1H3,(H,12,13). The first-order chi connectivity index (χ1) is 7.63. The summed E-state index contributed by atoms with van der Waals surface area (Å²) >= 11 is 0. The van der Waals surface area contributed by atoms with Crippen LogP contribution in [-0.2, 0) is 10.0 Å². The van der Waals surface area contributed by atoms with E-state index >= 15 is 0 Å². The van der Waals surface area contributed by atoms with E-state index in [1.165, 1.54) is 13.2 Å². The van der Waals surface area contributed by atoms with Crippen LogP contribution in [0.1, 0.15) is 0 Å². The van der Waals surface area contributed by atoms with Crippen molar-refractivity contribution in [2.45, 2.75) is 5.03 Å². The Morgan fingerprint density at radius 1 is 1.44 bits per heavy atom. The lowest BCUT2D eigenvalue weighted by Gasteiger charge is -1.96. The lowest BCUT2D eigenvalue weighted by Crippen LogP contribution is -2.18. The van der Waals surface area contributed by atoms with Gasteiger partial charge in [-0.1, -0.05) is 0 Å². The van der Waals surface area contributed by atoms with Gasteiger partial charge >= 0.3 is 0 Å². The van der Waals surface area contributed by atoms with Gasteiger partial charge in [-0.05, 0) is 19.2 Å². The van der Waals surface area contributed by atoms with Crippen LogP contribution in [0.5, 0.6) is 0 Å². The van der Waals surface area contributed by atoms with Gasteiger partial charge in [0.05, 0.1) is 0 Å². The highest BCUT2D eigenvalue weighted by molar-refractivity contribution is 7.89. The third-order valence-electron chi connectivity index (χ3n) is 2.03. The molecule has 2 rings (SSSR count). The smallest absolute Gasteiger partial charge is 0.259 e. The van der Waals surface area contributed by atoms with Crippen LogP contribution in [0.4, 0.5) is 0 Å². The summed E-state index contributed by atoms with van der Waals surface area (Å²) in [6.45, 7) is 0. The fraction of sp³-hybridized carbons (Fsp3) is 0.111. The molecule has 0 aliphatic heterocycles. The van der Waals surface area contributed by atoms with E-state index in [0.29, 0.717) is 5.82 Å². The monoisotopic (exact) mass is 238 g/mol. The van der Waals surface area contributed by atoms with Crippen molar-refractivity contribution in [2.24, 2.45) is 0 Å². The van der Waals surface area contributed by atoms with Crippen LogP contribution >= 0.6 is 0 Å². The van der Waals surface area contributed by atoms with Gasteiger partial charge in [0.1, 0.15) is 5.82 Å². The average Bonchev–Trinajstić information content (AvgIpc) is 2.80. The Kier molecular flexibility index (Phi) is 2.71. The van der Waals surface area contributed by atoms with Crippen molar-refractivity contribution in [1.82, 2.24) is 19.7 Å². The van der Waals surface area contributed by atoms with Crippen molar-refractivity contribution < 1.29 is 8.42 Å².